The Kier molecular flexibility index (Phi) is 3.71. The number of carbonyl (C=O) groups excluding carboxylic acids is 1. The van der Waals surface area contributed by atoms with E-state index >= 15 is 0 Å². The van der Waals surface area contributed by atoms with E-state index in [2.05, 4.69) is 0 Å². The van der Waals surface area contributed by atoms with Gasteiger partial charge in [0.15, 0.2) is 0 Å². The fourth-order valence-corrected chi connectivity index (χ4v) is 1.64. The van der Waals surface area contributed by atoms with Crippen molar-refractivity contribution in [2.45, 2.75) is 45.6 Å². The van der Waals surface area contributed by atoms with Gasteiger partial charge in [0.1, 0.15) is 0 Å². The molecule has 0 heterocycles. The summed E-state index contributed by atoms with van der Waals surface area (Å²) in [5, 5.41) is 0. The molecule has 0 aromatic heterocycles. The van der Waals surface area contributed by atoms with Crippen molar-refractivity contribution in [3.63, 3.8) is 0 Å². The van der Waals surface area contributed by atoms with E-state index in [1.807, 2.05) is 25.7 Å². The minimum Gasteiger partial charge on any atom is -0.393 e. The topological polar surface area (TPSA) is 46.3 Å². The maximum absolute atomic E-state index is 12.0. The van der Waals surface area contributed by atoms with Crippen LogP contribution in [0.3, 0.4) is 0 Å². The highest BCUT2D eigenvalue weighted by molar-refractivity contribution is 7.80. The largest absolute Gasteiger partial charge is 0.393 e. The van der Waals surface area contributed by atoms with Gasteiger partial charge in [-0.05, 0) is 33.6 Å². The number of carbonyl (C=O) groups is 1. The van der Waals surface area contributed by atoms with Crippen molar-refractivity contribution in [3.05, 3.63) is 0 Å². The third kappa shape index (κ3) is 3.78. The van der Waals surface area contributed by atoms with Gasteiger partial charge in [-0.3, -0.25) is 4.79 Å². The molecule has 0 aromatic rings. The van der Waals surface area contributed by atoms with Crippen molar-refractivity contribution < 1.29 is 4.79 Å². The predicted molar refractivity (Wildman–Crippen MR) is 65.6 cm³/mol. The Labute approximate surface area is 97.0 Å². The summed E-state index contributed by atoms with van der Waals surface area (Å²) in [4.78, 5) is 14.4. The SMILES string of the molecule is CC(C)(C)N(CCC(N)=S)C(=O)C1CC1. The number of hydrogen-bond donors (Lipinski definition) is 1. The summed E-state index contributed by atoms with van der Waals surface area (Å²) in [6.07, 6.45) is 2.70. The lowest BCUT2D eigenvalue weighted by Gasteiger charge is -2.36. The van der Waals surface area contributed by atoms with Crippen molar-refractivity contribution in [2.75, 3.05) is 6.54 Å². The van der Waals surface area contributed by atoms with E-state index in [-0.39, 0.29) is 17.4 Å². The lowest BCUT2D eigenvalue weighted by Crippen LogP contribution is -2.47. The van der Waals surface area contributed by atoms with Gasteiger partial charge in [0.05, 0.1) is 4.99 Å². The second kappa shape index (κ2) is 4.47. The summed E-state index contributed by atoms with van der Waals surface area (Å²) < 4.78 is 0. The summed E-state index contributed by atoms with van der Waals surface area (Å²) in [5.74, 6) is 0.523. The Morgan fingerprint density at radius 2 is 2.00 bits per heavy atom. The number of hydrogen-bond acceptors (Lipinski definition) is 2. The zero-order chi connectivity index (χ0) is 11.6. The molecule has 0 aliphatic heterocycles. The first kappa shape index (κ1) is 12.4. The standard InChI is InChI=1S/C11H20N2OS/c1-11(2,3)13(7-6-9(12)15)10(14)8-4-5-8/h8H,4-7H2,1-3H3,(H2,12,15). The number of amides is 1. The molecule has 3 nitrogen and oxygen atoms in total. The molecule has 0 spiro atoms. The maximum Gasteiger partial charge on any atom is 0.226 e. The fraction of sp³-hybridized carbons (Fsp3) is 0.818. The smallest absolute Gasteiger partial charge is 0.226 e. The summed E-state index contributed by atoms with van der Waals surface area (Å²) in [6.45, 7) is 6.79. The van der Waals surface area contributed by atoms with Crippen LogP contribution in [0.25, 0.3) is 0 Å². The third-order valence-corrected chi connectivity index (χ3v) is 2.79. The average Bonchev–Trinajstić information content (AvgIpc) is 2.82. The minimum absolute atomic E-state index is 0.134. The van der Waals surface area contributed by atoms with Crippen molar-refractivity contribution in [3.8, 4) is 0 Å². The lowest BCUT2D eigenvalue weighted by atomic mass is 10.0. The molecule has 4 heteroatoms. The zero-order valence-corrected chi connectivity index (χ0v) is 10.6. The van der Waals surface area contributed by atoms with E-state index in [9.17, 15) is 4.79 Å². The molecule has 1 amide bonds. The minimum atomic E-state index is -0.134. The number of nitrogens with two attached hydrogens (primary N) is 1. The molecule has 1 rings (SSSR count). The molecule has 2 N–H and O–H groups in total. The molecule has 0 aromatic carbocycles. The first-order valence-electron chi connectivity index (χ1n) is 5.42. The Balaban J connectivity index is 2.60. The quantitative estimate of drug-likeness (QED) is 0.745. The van der Waals surface area contributed by atoms with Gasteiger partial charge < -0.3 is 10.6 Å². The molecule has 0 atom stereocenters. The first-order valence-corrected chi connectivity index (χ1v) is 5.83. The van der Waals surface area contributed by atoms with E-state index in [0.717, 1.165) is 12.8 Å². The van der Waals surface area contributed by atoms with Crippen molar-refractivity contribution in [2.24, 2.45) is 11.7 Å². The Bertz CT molecular complexity index is 266. The fourth-order valence-electron chi connectivity index (χ4n) is 1.55. The van der Waals surface area contributed by atoms with Gasteiger partial charge in [0, 0.05) is 24.4 Å². The summed E-state index contributed by atoms with van der Waals surface area (Å²) in [7, 11) is 0. The highest BCUT2D eigenvalue weighted by Crippen LogP contribution is 2.33. The van der Waals surface area contributed by atoms with Crippen LogP contribution in [0.15, 0.2) is 0 Å². The molecule has 0 radical (unpaired) electrons. The van der Waals surface area contributed by atoms with Crippen LogP contribution in [-0.2, 0) is 4.79 Å². The van der Waals surface area contributed by atoms with Crippen LogP contribution in [0, 0.1) is 5.92 Å². The van der Waals surface area contributed by atoms with Crippen molar-refractivity contribution in [1.29, 1.82) is 0 Å². The summed E-state index contributed by atoms with van der Waals surface area (Å²) >= 11 is 4.84. The van der Waals surface area contributed by atoms with E-state index in [0.29, 0.717) is 18.0 Å². The van der Waals surface area contributed by atoms with Crippen molar-refractivity contribution in [1.82, 2.24) is 4.90 Å². The van der Waals surface area contributed by atoms with Crippen LogP contribution >= 0.6 is 12.2 Å². The Hall–Kier alpha value is -0.640. The molecule has 0 unspecified atom stereocenters. The Morgan fingerprint density at radius 3 is 2.33 bits per heavy atom. The van der Waals surface area contributed by atoms with Crippen LogP contribution < -0.4 is 5.73 Å². The van der Waals surface area contributed by atoms with E-state index in [1.165, 1.54) is 0 Å². The van der Waals surface area contributed by atoms with Gasteiger partial charge in [0.2, 0.25) is 5.91 Å². The number of rotatable bonds is 4. The van der Waals surface area contributed by atoms with Crippen LogP contribution in [0.2, 0.25) is 0 Å². The van der Waals surface area contributed by atoms with Crippen LogP contribution in [0.1, 0.15) is 40.0 Å². The van der Waals surface area contributed by atoms with Gasteiger partial charge in [0.25, 0.3) is 0 Å². The second-order valence-corrected chi connectivity index (χ2v) is 5.68. The lowest BCUT2D eigenvalue weighted by molar-refractivity contribution is -0.137. The van der Waals surface area contributed by atoms with Gasteiger partial charge in [-0.2, -0.15) is 0 Å². The molecule has 0 bridgehead atoms. The van der Waals surface area contributed by atoms with Gasteiger partial charge in [-0.1, -0.05) is 12.2 Å². The first-order chi connectivity index (χ1) is 6.82. The summed E-state index contributed by atoms with van der Waals surface area (Å²) in [5.41, 5.74) is 5.33. The van der Waals surface area contributed by atoms with Crippen LogP contribution in [-0.4, -0.2) is 27.9 Å². The number of thiocarbonyl (C=S) groups is 1. The average molecular weight is 228 g/mol. The van der Waals surface area contributed by atoms with E-state index in [1.54, 1.807) is 0 Å². The second-order valence-electron chi connectivity index (χ2n) is 5.15. The molecule has 15 heavy (non-hydrogen) atoms. The maximum atomic E-state index is 12.0. The Morgan fingerprint density at radius 1 is 1.47 bits per heavy atom. The molecule has 1 aliphatic carbocycles. The molecule has 86 valence electrons. The van der Waals surface area contributed by atoms with E-state index < -0.39 is 0 Å². The molecule has 1 fully saturated rings. The molecule has 0 saturated heterocycles. The van der Waals surface area contributed by atoms with Crippen molar-refractivity contribution >= 4 is 23.1 Å². The van der Waals surface area contributed by atoms with E-state index in [4.69, 9.17) is 18.0 Å². The van der Waals surface area contributed by atoms with Gasteiger partial charge >= 0.3 is 0 Å². The molecular formula is C11H20N2OS. The summed E-state index contributed by atoms with van der Waals surface area (Å²) in [6, 6.07) is 0. The van der Waals surface area contributed by atoms with Gasteiger partial charge in [-0.25, -0.2) is 0 Å². The zero-order valence-electron chi connectivity index (χ0n) is 9.75. The molecule has 1 aliphatic rings. The van der Waals surface area contributed by atoms with Crippen LogP contribution in [0.5, 0.6) is 0 Å². The predicted octanol–water partition coefficient (Wildman–Crippen LogP) is 1.70. The van der Waals surface area contributed by atoms with Crippen LogP contribution in [0.4, 0.5) is 0 Å². The molecule has 1 saturated carbocycles. The normalized spacial score (nSPS) is 16.2. The highest BCUT2D eigenvalue weighted by atomic mass is 32.1. The van der Waals surface area contributed by atoms with Gasteiger partial charge in [-0.15, -0.1) is 0 Å². The third-order valence-electron chi connectivity index (χ3n) is 2.58. The number of nitrogens with zero attached hydrogens (tertiary/aromatic N) is 1. The molecular weight excluding hydrogens is 208 g/mol. The monoisotopic (exact) mass is 228 g/mol. The highest BCUT2D eigenvalue weighted by Gasteiger charge is 2.37.